The second-order valence-electron chi connectivity index (χ2n) is 7.47. The van der Waals surface area contributed by atoms with E-state index in [2.05, 4.69) is 33.9 Å². The zero-order valence-corrected chi connectivity index (χ0v) is 15.5. The average molecular weight is 321 g/mol. The summed E-state index contributed by atoms with van der Waals surface area (Å²) in [6, 6.07) is 7.96. The van der Waals surface area contributed by atoms with Crippen LogP contribution in [-0.4, -0.2) is 33.2 Å². The predicted molar refractivity (Wildman–Crippen MR) is 93.3 cm³/mol. The fraction of sp³-hybridized carbons (Fsp3) is 0.556. The Kier molecular flexibility index (Phi) is 4.97. The minimum Gasteiger partial charge on any atom is -0.413 e. The van der Waals surface area contributed by atoms with E-state index >= 15 is 0 Å². The molecule has 0 saturated carbocycles. The largest absolute Gasteiger partial charge is 0.413 e. The molecule has 0 unspecified atom stereocenters. The standard InChI is InChI=1S/C18H28O3Si/c1-18(2,3)22(5,6)21-12-13-11-16(20-4)17(19)15-10-8-7-9-14(13)15/h7-11,16-17,19H,12H2,1-6H3/t16-,17-/m1/s1. The molecule has 4 heteroatoms. The van der Waals surface area contributed by atoms with Crippen LogP contribution in [0.3, 0.4) is 0 Å². The van der Waals surface area contributed by atoms with Crippen LogP contribution in [-0.2, 0) is 9.16 Å². The number of fused-ring (bicyclic) bond motifs is 1. The quantitative estimate of drug-likeness (QED) is 0.847. The number of aliphatic hydroxyl groups excluding tert-OH is 1. The van der Waals surface area contributed by atoms with Crippen molar-refractivity contribution in [3.8, 4) is 0 Å². The van der Waals surface area contributed by atoms with Crippen LogP contribution >= 0.6 is 0 Å². The van der Waals surface area contributed by atoms with Gasteiger partial charge in [-0.05, 0) is 40.9 Å². The Balaban J connectivity index is 2.26. The SMILES string of the molecule is CO[C@@H]1C=C(CO[Si](C)(C)C(C)(C)C)c2ccccc2[C@H]1O. The first kappa shape index (κ1) is 17.4. The van der Waals surface area contributed by atoms with Gasteiger partial charge in [0, 0.05) is 7.11 Å². The second-order valence-corrected chi connectivity index (χ2v) is 12.3. The molecular formula is C18H28O3Si. The number of hydrogen-bond donors (Lipinski definition) is 1. The molecule has 0 fully saturated rings. The third-order valence-electron chi connectivity index (χ3n) is 4.97. The molecule has 1 N–H and O–H groups in total. The van der Waals surface area contributed by atoms with Gasteiger partial charge >= 0.3 is 0 Å². The van der Waals surface area contributed by atoms with Crippen molar-refractivity contribution in [3.63, 3.8) is 0 Å². The minimum atomic E-state index is -1.80. The van der Waals surface area contributed by atoms with Gasteiger partial charge in [0.2, 0.25) is 0 Å². The number of benzene rings is 1. The van der Waals surface area contributed by atoms with E-state index in [-0.39, 0.29) is 11.1 Å². The van der Waals surface area contributed by atoms with Crippen molar-refractivity contribution >= 4 is 13.9 Å². The average Bonchev–Trinajstić information content (AvgIpc) is 2.45. The second kappa shape index (κ2) is 6.28. The van der Waals surface area contributed by atoms with Gasteiger partial charge in [0.1, 0.15) is 12.2 Å². The van der Waals surface area contributed by atoms with E-state index < -0.39 is 14.4 Å². The van der Waals surface area contributed by atoms with Crippen LogP contribution in [0.2, 0.25) is 18.1 Å². The van der Waals surface area contributed by atoms with Crippen LogP contribution in [0.15, 0.2) is 30.3 Å². The highest BCUT2D eigenvalue weighted by atomic mass is 28.4. The zero-order chi connectivity index (χ0) is 16.5. The van der Waals surface area contributed by atoms with Gasteiger partial charge in [-0.15, -0.1) is 0 Å². The van der Waals surface area contributed by atoms with E-state index in [0.717, 1.165) is 16.7 Å². The van der Waals surface area contributed by atoms with Crippen LogP contribution in [0.1, 0.15) is 38.0 Å². The van der Waals surface area contributed by atoms with Gasteiger partial charge < -0.3 is 14.3 Å². The molecule has 22 heavy (non-hydrogen) atoms. The molecule has 0 amide bonds. The lowest BCUT2D eigenvalue weighted by Gasteiger charge is -2.37. The number of aliphatic hydroxyl groups is 1. The highest BCUT2D eigenvalue weighted by Gasteiger charge is 2.38. The fourth-order valence-electron chi connectivity index (χ4n) is 2.40. The Labute approximate surface area is 135 Å². The molecule has 0 spiro atoms. The van der Waals surface area contributed by atoms with Crippen molar-refractivity contribution < 1.29 is 14.3 Å². The van der Waals surface area contributed by atoms with Gasteiger partial charge in [-0.3, -0.25) is 0 Å². The minimum absolute atomic E-state index is 0.182. The van der Waals surface area contributed by atoms with Gasteiger partial charge in [-0.2, -0.15) is 0 Å². The summed E-state index contributed by atoms with van der Waals surface area (Å²) < 4.78 is 11.8. The van der Waals surface area contributed by atoms with Gasteiger partial charge in [-0.1, -0.05) is 45.0 Å². The maximum Gasteiger partial charge on any atom is 0.192 e. The van der Waals surface area contributed by atoms with Crippen LogP contribution in [0.4, 0.5) is 0 Å². The predicted octanol–water partition coefficient (Wildman–Crippen LogP) is 4.15. The highest BCUT2D eigenvalue weighted by molar-refractivity contribution is 6.74. The van der Waals surface area contributed by atoms with Gasteiger partial charge in [0.25, 0.3) is 0 Å². The molecule has 1 aliphatic rings. The van der Waals surface area contributed by atoms with Crippen LogP contribution < -0.4 is 0 Å². The summed E-state index contributed by atoms with van der Waals surface area (Å²) in [6.07, 6.45) is 1.07. The maximum absolute atomic E-state index is 10.4. The molecule has 0 bridgehead atoms. The summed E-state index contributed by atoms with van der Waals surface area (Å²) in [6.45, 7) is 11.8. The number of ether oxygens (including phenoxy) is 1. The number of hydrogen-bond acceptors (Lipinski definition) is 3. The van der Waals surface area contributed by atoms with E-state index in [1.807, 2.05) is 30.3 Å². The van der Waals surface area contributed by atoms with Crippen molar-refractivity contribution in [2.24, 2.45) is 0 Å². The van der Waals surface area contributed by atoms with Crippen molar-refractivity contribution in [3.05, 3.63) is 41.5 Å². The maximum atomic E-state index is 10.4. The van der Waals surface area contributed by atoms with E-state index in [0.29, 0.717) is 6.61 Å². The lowest BCUT2D eigenvalue weighted by atomic mass is 9.87. The van der Waals surface area contributed by atoms with Crippen molar-refractivity contribution in [1.29, 1.82) is 0 Å². The lowest BCUT2D eigenvalue weighted by Crippen LogP contribution is -2.41. The smallest absolute Gasteiger partial charge is 0.192 e. The van der Waals surface area contributed by atoms with Gasteiger partial charge in [0.15, 0.2) is 8.32 Å². The summed E-state index contributed by atoms with van der Waals surface area (Å²) in [4.78, 5) is 0. The lowest BCUT2D eigenvalue weighted by molar-refractivity contribution is 0.0143. The molecule has 0 saturated heterocycles. The Morgan fingerprint density at radius 1 is 1.18 bits per heavy atom. The Bertz CT molecular complexity index is 558. The van der Waals surface area contributed by atoms with Gasteiger partial charge in [-0.25, -0.2) is 0 Å². The molecule has 2 atom stereocenters. The Hall–Kier alpha value is -0.943. The molecule has 0 heterocycles. The summed E-state index contributed by atoms with van der Waals surface area (Å²) in [5.41, 5.74) is 3.10. The summed E-state index contributed by atoms with van der Waals surface area (Å²) in [7, 11) is -0.174. The Morgan fingerprint density at radius 2 is 1.82 bits per heavy atom. The molecule has 2 rings (SSSR count). The topological polar surface area (TPSA) is 38.7 Å². The van der Waals surface area contributed by atoms with E-state index in [4.69, 9.17) is 9.16 Å². The van der Waals surface area contributed by atoms with Crippen molar-refractivity contribution in [2.45, 2.75) is 51.1 Å². The monoisotopic (exact) mass is 320 g/mol. The van der Waals surface area contributed by atoms with E-state index in [9.17, 15) is 5.11 Å². The number of rotatable bonds is 4. The summed E-state index contributed by atoms with van der Waals surface area (Å²) in [5.74, 6) is 0. The number of methoxy groups -OCH3 is 1. The summed E-state index contributed by atoms with van der Waals surface area (Å²) in [5, 5.41) is 10.6. The first-order chi connectivity index (χ1) is 10.2. The molecule has 3 nitrogen and oxygen atoms in total. The Morgan fingerprint density at radius 3 is 2.41 bits per heavy atom. The van der Waals surface area contributed by atoms with Crippen LogP contribution in [0.25, 0.3) is 5.57 Å². The van der Waals surface area contributed by atoms with E-state index in [1.165, 1.54) is 0 Å². The van der Waals surface area contributed by atoms with Crippen LogP contribution in [0, 0.1) is 0 Å². The molecule has 0 aliphatic heterocycles. The molecule has 122 valence electrons. The molecule has 1 aromatic carbocycles. The highest BCUT2D eigenvalue weighted by Crippen LogP contribution is 2.39. The van der Waals surface area contributed by atoms with E-state index in [1.54, 1.807) is 7.11 Å². The molecule has 0 aromatic heterocycles. The third kappa shape index (κ3) is 3.35. The van der Waals surface area contributed by atoms with Crippen molar-refractivity contribution in [1.82, 2.24) is 0 Å². The summed E-state index contributed by atoms with van der Waals surface area (Å²) >= 11 is 0. The normalized spacial score (nSPS) is 22.2. The van der Waals surface area contributed by atoms with Crippen LogP contribution in [0.5, 0.6) is 0 Å². The molecule has 1 aliphatic carbocycles. The zero-order valence-electron chi connectivity index (χ0n) is 14.5. The molecule has 0 radical (unpaired) electrons. The molecule has 1 aromatic rings. The molecular weight excluding hydrogens is 292 g/mol. The van der Waals surface area contributed by atoms with Gasteiger partial charge in [0.05, 0.1) is 6.61 Å². The first-order valence-corrected chi connectivity index (χ1v) is 10.7. The fourth-order valence-corrected chi connectivity index (χ4v) is 3.35. The first-order valence-electron chi connectivity index (χ1n) is 7.82. The third-order valence-corrected chi connectivity index (χ3v) is 9.45. The van der Waals surface area contributed by atoms with Crippen molar-refractivity contribution in [2.75, 3.05) is 13.7 Å².